The SMILES string of the molecule is CNC(O)c1cc(Nc2nccc(-c3cc(C#N)c4c(c3)[C@@](C)(CO[Si](C)(C)C(C)(C)C)CN4)n2)c(=O)n2c1CCC2. The molecule has 0 spiro atoms. The van der Waals surface area contributed by atoms with Crippen molar-refractivity contribution in [2.45, 2.75) is 76.9 Å². The van der Waals surface area contributed by atoms with Crippen molar-refractivity contribution >= 4 is 25.6 Å². The Hall–Kier alpha value is -3.56. The first-order valence-corrected chi connectivity index (χ1v) is 17.4. The molecule has 2 atom stereocenters. The molecule has 4 heterocycles. The Morgan fingerprint density at radius 2 is 2.07 bits per heavy atom. The van der Waals surface area contributed by atoms with Gasteiger partial charge in [-0.05, 0) is 67.9 Å². The molecule has 11 heteroatoms. The molecular formula is C31H41N7O3Si. The maximum atomic E-state index is 13.3. The average molecular weight is 588 g/mol. The number of nitriles is 1. The molecule has 1 aromatic carbocycles. The highest BCUT2D eigenvalue weighted by molar-refractivity contribution is 6.74. The van der Waals surface area contributed by atoms with E-state index in [1.54, 1.807) is 29.9 Å². The number of hydrogen-bond donors (Lipinski definition) is 4. The molecule has 0 saturated heterocycles. The second-order valence-electron chi connectivity index (χ2n) is 13.1. The lowest BCUT2D eigenvalue weighted by Gasteiger charge is -2.39. The van der Waals surface area contributed by atoms with E-state index < -0.39 is 14.5 Å². The fraction of sp³-hybridized carbons (Fsp3) is 0.484. The van der Waals surface area contributed by atoms with Crippen LogP contribution in [-0.2, 0) is 22.8 Å². The van der Waals surface area contributed by atoms with Gasteiger partial charge in [-0.25, -0.2) is 9.97 Å². The molecule has 0 bridgehead atoms. The van der Waals surface area contributed by atoms with Crippen molar-refractivity contribution in [1.82, 2.24) is 19.9 Å². The molecule has 0 aliphatic carbocycles. The number of pyridine rings is 1. The van der Waals surface area contributed by atoms with Gasteiger partial charge in [-0.2, -0.15) is 5.26 Å². The summed E-state index contributed by atoms with van der Waals surface area (Å²) in [5, 5.41) is 30.1. The molecule has 42 heavy (non-hydrogen) atoms. The highest BCUT2D eigenvalue weighted by Gasteiger charge is 2.42. The summed E-state index contributed by atoms with van der Waals surface area (Å²) in [5.74, 6) is 0.259. The van der Waals surface area contributed by atoms with E-state index in [9.17, 15) is 15.2 Å². The molecule has 1 unspecified atom stereocenters. The van der Waals surface area contributed by atoms with Crippen LogP contribution in [0.1, 0.15) is 62.7 Å². The van der Waals surface area contributed by atoms with Gasteiger partial charge >= 0.3 is 0 Å². The summed E-state index contributed by atoms with van der Waals surface area (Å²) in [6.45, 7) is 15.2. The fourth-order valence-corrected chi connectivity index (χ4v) is 6.55. The van der Waals surface area contributed by atoms with Crippen LogP contribution in [0.3, 0.4) is 0 Å². The van der Waals surface area contributed by atoms with Crippen LogP contribution in [0.2, 0.25) is 18.1 Å². The summed E-state index contributed by atoms with van der Waals surface area (Å²) in [4.78, 5) is 22.4. The van der Waals surface area contributed by atoms with Gasteiger partial charge in [-0.3, -0.25) is 10.1 Å². The smallest absolute Gasteiger partial charge is 0.274 e. The normalized spacial score (nSPS) is 18.6. The monoisotopic (exact) mass is 587 g/mol. The predicted octanol–water partition coefficient (Wildman–Crippen LogP) is 4.78. The standard InChI is InChI=1S/C31H41N7O3Si/c1-30(2,3)42(6,7)41-18-31(4)17-35-26-20(16-32)13-19(14-22(26)31)23-10-11-34-29(36-23)37-24-15-21(27(39)33-5)25-9-8-12-38(25)28(24)40/h10-11,13-15,27,33,35,39H,8-9,12,17-18H2,1-7H3,(H,34,36,37)/t27?,31-/m1/s1. The molecule has 10 nitrogen and oxygen atoms in total. The number of aromatic nitrogens is 3. The number of aliphatic hydroxyl groups excluding tert-OH is 1. The van der Waals surface area contributed by atoms with E-state index in [0.29, 0.717) is 42.2 Å². The van der Waals surface area contributed by atoms with Gasteiger partial charge in [0.2, 0.25) is 5.95 Å². The number of anilines is 3. The summed E-state index contributed by atoms with van der Waals surface area (Å²) in [6, 6.07) is 9.75. The first-order chi connectivity index (χ1) is 19.8. The van der Waals surface area contributed by atoms with Gasteiger partial charge in [0, 0.05) is 48.1 Å². The van der Waals surface area contributed by atoms with Gasteiger partial charge in [-0.1, -0.05) is 27.7 Å². The van der Waals surface area contributed by atoms with E-state index in [0.717, 1.165) is 35.3 Å². The minimum absolute atomic E-state index is 0.0927. The largest absolute Gasteiger partial charge is 0.416 e. The Bertz CT molecular complexity index is 1620. The molecule has 3 aromatic rings. The van der Waals surface area contributed by atoms with Crippen molar-refractivity contribution in [2.24, 2.45) is 0 Å². The number of hydrogen-bond acceptors (Lipinski definition) is 9. The number of rotatable bonds is 8. The van der Waals surface area contributed by atoms with Crippen molar-refractivity contribution in [3.63, 3.8) is 0 Å². The second kappa shape index (κ2) is 10.9. The van der Waals surface area contributed by atoms with Crippen molar-refractivity contribution < 1.29 is 9.53 Å². The van der Waals surface area contributed by atoms with Gasteiger partial charge in [0.05, 0.1) is 16.9 Å². The zero-order chi connectivity index (χ0) is 30.4. The van der Waals surface area contributed by atoms with Crippen LogP contribution in [0, 0.1) is 11.3 Å². The molecule has 0 amide bonds. The lowest BCUT2D eigenvalue weighted by Crippen LogP contribution is -2.45. The van der Waals surface area contributed by atoms with E-state index in [1.165, 1.54) is 0 Å². The van der Waals surface area contributed by atoms with Crippen LogP contribution >= 0.6 is 0 Å². The Balaban J connectivity index is 1.49. The van der Waals surface area contributed by atoms with Gasteiger partial charge in [0.1, 0.15) is 18.0 Å². The van der Waals surface area contributed by atoms with E-state index in [2.05, 4.69) is 73.9 Å². The summed E-state index contributed by atoms with van der Waals surface area (Å²) < 4.78 is 8.36. The summed E-state index contributed by atoms with van der Waals surface area (Å²) >= 11 is 0. The Morgan fingerprint density at radius 1 is 1.31 bits per heavy atom. The van der Waals surface area contributed by atoms with E-state index in [1.807, 2.05) is 6.07 Å². The molecule has 5 rings (SSSR count). The lowest BCUT2D eigenvalue weighted by molar-refractivity contribution is 0.147. The number of nitrogens with one attached hydrogen (secondary N) is 3. The predicted molar refractivity (Wildman–Crippen MR) is 167 cm³/mol. The topological polar surface area (TPSA) is 137 Å². The minimum Gasteiger partial charge on any atom is -0.416 e. The second-order valence-corrected chi connectivity index (χ2v) is 17.9. The number of nitrogens with zero attached hydrogens (tertiary/aromatic N) is 4. The Kier molecular flexibility index (Phi) is 7.78. The Morgan fingerprint density at radius 3 is 2.76 bits per heavy atom. The third kappa shape index (κ3) is 5.36. The Labute approximate surface area is 248 Å². The molecule has 2 aliphatic heterocycles. The quantitative estimate of drug-likeness (QED) is 0.217. The van der Waals surface area contributed by atoms with Gasteiger partial charge in [0.25, 0.3) is 5.56 Å². The van der Waals surface area contributed by atoms with Crippen molar-refractivity contribution in [1.29, 1.82) is 5.26 Å². The lowest BCUT2D eigenvalue weighted by atomic mass is 9.83. The van der Waals surface area contributed by atoms with Gasteiger partial charge < -0.3 is 24.7 Å². The summed E-state index contributed by atoms with van der Waals surface area (Å²) in [5.41, 5.74) is 5.17. The first kappa shape index (κ1) is 29.9. The minimum atomic E-state index is -1.98. The van der Waals surface area contributed by atoms with Crippen LogP contribution in [0.4, 0.5) is 17.3 Å². The molecular weight excluding hydrogens is 546 g/mol. The van der Waals surface area contributed by atoms with Crippen LogP contribution < -0.4 is 21.5 Å². The molecule has 0 saturated carbocycles. The molecule has 2 aliphatic rings. The summed E-state index contributed by atoms with van der Waals surface area (Å²) in [7, 11) is -0.304. The molecule has 222 valence electrons. The van der Waals surface area contributed by atoms with Gasteiger partial charge in [0.15, 0.2) is 8.32 Å². The van der Waals surface area contributed by atoms with E-state index >= 15 is 0 Å². The van der Waals surface area contributed by atoms with Gasteiger partial charge in [-0.15, -0.1) is 0 Å². The molecule has 2 aromatic heterocycles. The fourth-order valence-electron chi connectivity index (χ4n) is 5.44. The molecule has 4 N–H and O–H groups in total. The van der Waals surface area contributed by atoms with Crippen molar-refractivity contribution in [3.05, 3.63) is 63.2 Å². The number of fused-ring (bicyclic) bond motifs is 2. The van der Waals surface area contributed by atoms with E-state index in [-0.39, 0.29) is 22.0 Å². The zero-order valence-corrected chi connectivity index (χ0v) is 26.6. The van der Waals surface area contributed by atoms with Crippen LogP contribution in [0.15, 0.2) is 35.3 Å². The van der Waals surface area contributed by atoms with E-state index in [4.69, 9.17) is 9.41 Å². The third-order valence-corrected chi connectivity index (χ3v) is 13.6. The van der Waals surface area contributed by atoms with Crippen molar-refractivity contribution in [3.8, 4) is 17.3 Å². The third-order valence-electron chi connectivity index (χ3n) is 9.12. The van der Waals surface area contributed by atoms with Crippen molar-refractivity contribution in [2.75, 3.05) is 30.8 Å². The number of benzene rings is 1. The average Bonchev–Trinajstić information content (AvgIpc) is 3.58. The first-order valence-electron chi connectivity index (χ1n) is 14.5. The van der Waals surface area contributed by atoms with Crippen LogP contribution in [-0.4, -0.2) is 48.2 Å². The van der Waals surface area contributed by atoms with Crippen LogP contribution in [0.25, 0.3) is 11.3 Å². The maximum absolute atomic E-state index is 13.3. The summed E-state index contributed by atoms with van der Waals surface area (Å²) in [6.07, 6.45) is 2.33. The molecule has 0 radical (unpaired) electrons. The highest BCUT2D eigenvalue weighted by atomic mass is 28.4. The zero-order valence-electron chi connectivity index (χ0n) is 25.6. The molecule has 0 fully saturated rings. The maximum Gasteiger partial charge on any atom is 0.274 e. The van der Waals surface area contributed by atoms with Crippen LogP contribution in [0.5, 0.6) is 0 Å². The number of aliphatic hydroxyl groups is 1. The highest BCUT2D eigenvalue weighted by Crippen LogP contribution is 2.44.